The molecule has 2 saturated heterocycles. The molecule has 0 aliphatic carbocycles. The molecule has 164 valence electrons. The van der Waals surface area contributed by atoms with E-state index in [0.29, 0.717) is 49.7 Å². The predicted octanol–water partition coefficient (Wildman–Crippen LogP) is 1.52. The zero-order valence-corrected chi connectivity index (χ0v) is 17.9. The molecule has 0 bridgehead atoms. The Hall–Kier alpha value is -2.65. The van der Waals surface area contributed by atoms with Gasteiger partial charge in [0.05, 0.1) is 44.2 Å². The molecule has 2 atom stereocenters. The highest BCUT2D eigenvalue weighted by molar-refractivity contribution is 7.14. The minimum Gasteiger partial charge on any atom is -0.376 e. The summed E-state index contributed by atoms with van der Waals surface area (Å²) in [5.74, 6) is 0.464. The maximum absolute atomic E-state index is 12.3. The number of carbonyl (C=O) groups is 1. The van der Waals surface area contributed by atoms with Crippen LogP contribution in [0, 0.1) is 11.3 Å². The van der Waals surface area contributed by atoms with E-state index in [2.05, 4.69) is 36.6 Å². The van der Waals surface area contributed by atoms with Crippen molar-refractivity contribution in [1.29, 1.82) is 5.26 Å². The summed E-state index contributed by atoms with van der Waals surface area (Å²) < 4.78 is 10.9. The van der Waals surface area contributed by atoms with Crippen molar-refractivity contribution in [3.8, 4) is 6.07 Å². The third kappa shape index (κ3) is 5.95. The normalized spacial score (nSPS) is 21.9. The number of hydrogen-bond donors (Lipinski definition) is 2. The van der Waals surface area contributed by atoms with Gasteiger partial charge in [0.15, 0.2) is 5.13 Å². The Morgan fingerprint density at radius 3 is 3.16 bits per heavy atom. The monoisotopic (exact) mass is 443 g/mol. The zero-order chi connectivity index (χ0) is 21.5. The molecule has 2 fully saturated rings. The lowest BCUT2D eigenvalue weighted by molar-refractivity contribution is -0.0855. The molecule has 2 aromatic heterocycles. The average molecular weight is 444 g/mol. The second-order valence-electron chi connectivity index (χ2n) is 7.48. The van der Waals surface area contributed by atoms with Gasteiger partial charge < -0.3 is 20.1 Å². The van der Waals surface area contributed by atoms with Crippen LogP contribution in [0.5, 0.6) is 0 Å². The van der Waals surface area contributed by atoms with Gasteiger partial charge in [-0.05, 0) is 25.5 Å². The summed E-state index contributed by atoms with van der Waals surface area (Å²) >= 11 is 1.32. The second kappa shape index (κ2) is 10.6. The van der Waals surface area contributed by atoms with Crippen LogP contribution < -0.4 is 10.6 Å². The third-order valence-electron chi connectivity index (χ3n) is 5.23. The fourth-order valence-electron chi connectivity index (χ4n) is 3.68. The lowest BCUT2D eigenvalue weighted by Crippen LogP contribution is -2.39. The van der Waals surface area contributed by atoms with Crippen LogP contribution in [0.25, 0.3) is 0 Å². The van der Waals surface area contributed by atoms with Crippen LogP contribution in [0.1, 0.15) is 34.9 Å². The van der Waals surface area contributed by atoms with Gasteiger partial charge in [-0.25, -0.2) is 15.0 Å². The molecule has 2 aromatic rings. The Bertz CT molecular complexity index is 925. The van der Waals surface area contributed by atoms with Crippen LogP contribution >= 0.6 is 11.3 Å². The number of nitrogens with zero attached hydrogens (tertiary/aromatic N) is 5. The lowest BCUT2D eigenvalue weighted by Gasteiger charge is -2.30. The number of hydrogen-bond acceptors (Lipinski definition) is 10. The smallest absolute Gasteiger partial charge is 0.270 e. The van der Waals surface area contributed by atoms with E-state index < -0.39 is 0 Å². The van der Waals surface area contributed by atoms with Crippen LogP contribution in [-0.4, -0.2) is 77.9 Å². The van der Waals surface area contributed by atoms with Gasteiger partial charge in [0.25, 0.3) is 5.91 Å². The van der Waals surface area contributed by atoms with Crippen LogP contribution in [0.3, 0.4) is 0 Å². The van der Waals surface area contributed by atoms with Crippen LogP contribution in [-0.2, 0) is 9.47 Å². The highest BCUT2D eigenvalue weighted by Crippen LogP contribution is 2.26. The van der Waals surface area contributed by atoms with Gasteiger partial charge in [-0.3, -0.25) is 9.69 Å². The number of nitrogens with one attached hydrogen (secondary N) is 2. The number of aromatic nitrogens is 3. The molecule has 2 N–H and O–H groups in total. The summed E-state index contributed by atoms with van der Waals surface area (Å²) in [6.45, 7) is 4.21. The Morgan fingerprint density at radius 1 is 1.39 bits per heavy atom. The van der Waals surface area contributed by atoms with Gasteiger partial charge in [0.2, 0.25) is 5.95 Å². The van der Waals surface area contributed by atoms with Crippen LogP contribution in [0.15, 0.2) is 17.6 Å². The molecule has 0 saturated carbocycles. The van der Waals surface area contributed by atoms with Crippen molar-refractivity contribution in [1.82, 2.24) is 25.2 Å². The summed E-state index contributed by atoms with van der Waals surface area (Å²) in [7, 11) is 0. The topological polar surface area (TPSA) is 125 Å². The molecule has 10 nitrogen and oxygen atoms in total. The van der Waals surface area contributed by atoms with Gasteiger partial charge >= 0.3 is 0 Å². The summed E-state index contributed by atoms with van der Waals surface area (Å²) in [5, 5.41) is 17.1. The number of thiazole rings is 1. The van der Waals surface area contributed by atoms with Crippen LogP contribution in [0.2, 0.25) is 0 Å². The van der Waals surface area contributed by atoms with Gasteiger partial charge in [0, 0.05) is 30.6 Å². The first-order chi connectivity index (χ1) is 15.2. The van der Waals surface area contributed by atoms with E-state index in [4.69, 9.17) is 14.7 Å². The molecule has 2 aliphatic rings. The summed E-state index contributed by atoms with van der Waals surface area (Å²) in [6, 6.07) is 4.14. The molecule has 1 amide bonds. The highest BCUT2D eigenvalue weighted by atomic mass is 32.1. The Balaban J connectivity index is 1.33. The van der Waals surface area contributed by atoms with Gasteiger partial charge in [-0.2, -0.15) is 5.26 Å². The van der Waals surface area contributed by atoms with E-state index in [1.807, 2.05) is 6.07 Å². The van der Waals surface area contributed by atoms with E-state index in [1.54, 1.807) is 11.6 Å². The molecule has 0 unspecified atom stereocenters. The van der Waals surface area contributed by atoms with E-state index >= 15 is 0 Å². The van der Waals surface area contributed by atoms with Gasteiger partial charge in [0.1, 0.15) is 5.69 Å². The third-order valence-corrected chi connectivity index (χ3v) is 5.98. The number of carbonyl (C=O) groups excluding carboxylic acids is 1. The predicted molar refractivity (Wildman–Crippen MR) is 114 cm³/mol. The van der Waals surface area contributed by atoms with Crippen molar-refractivity contribution >= 4 is 28.3 Å². The van der Waals surface area contributed by atoms with Crippen LogP contribution in [0.4, 0.5) is 11.1 Å². The molecule has 0 spiro atoms. The molecule has 0 radical (unpaired) electrons. The molecule has 11 heteroatoms. The number of anilines is 2. The van der Waals surface area contributed by atoms with E-state index in [-0.39, 0.29) is 17.9 Å². The average Bonchev–Trinajstić information content (AvgIpc) is 3.27. The van der Waals surface area contributed by atoms with Crippen molar-refractivity contribution in [2.24, 2.45) is 0 Å². The molecular formula is C20H25N7O3S. The fourth-order valence-corrected chi connectivity index (χ4v) is 4.37. The molecule has 4 rings (SSSR count). The fraction of sp³-hybridized carbons (Fsp3) is 0.550. The Kier molecular flexibility index (Phi) is 7.37. The summed E-state index contributed by atoms with van der Waals surface area (Å²) in [5.41, 5.74) is 1.28. The first-order valence-corrected chi connectivity index (χ1v) is 11.2. The quantitative estimate of drug-likeness (QED) is 0.613. The summed E-state index contributed by atoms with van der Waals surface area (Å²) in [4.78, 5) is 27.8. The van der Waals surface area contributed by atoms with Crippen molar-refractivity contribution in [3.63, 3.8) is 0 Å². The van der Waals surface area contributed by atoms with E-state index in [0.717, 1.165) is 31.6 Å². The number of likely N-dealkylation sites (tertiary alicyclic amines) is 1. The van der Waals surface area contributed by atoms with E-state index in [9.17, 15) is 4.79 Å². The minimum atomic E-state index is -0.257. The minimum absolute atomic E-state index is 0.131. The van der Waals surface area contributed by atoms with Crippen molar-refractivity contribution < 1.29 is 14.3 Å². The number of ether oxygens (including phenoxy) is 2. The van der Waals surface area contributed by atoms with Gasteiger partial charge in [-0.1, -0.05) is 0 Å². The molecule has 31 heavy (non-hydrogen) atoms. The maximum Gasteiger partial charge on any atom is 0.270 e. The number of piperidine rings is 1. The highest BCUT2D eigenvalue weighted by Gasteiger charge is 2.23. The Morgan fingerprint density at radius 2 is 2.32 bits per heavy atom. The Labute approximate surface area is 184 Å². The zero-order valence-electron chi connectivity index (χ0n) is 17.1. The molecule has 0 aromatic carbocycles. The lowest BCUT2D eigenvalue weighted by atomic mass is 9.94. The number of rotatable bonds is 7. The first kappa shape index (κ1) is 21.6. The molecular weight excluding hydrogens is 418 g/mol. The molecule has 2 aliphatic heterocycles. The van der Waals surface area contributed by atoms with Gasteiger partial charge in [-0.15, -0.1) is 11.3 Å². The second-order valence-corrected chi connectivity index (χ2v) is 8.34. The van der Waals surface area contributed by atoms with E-state index in [1.165, 1.54) is 11.3 Å². The standard InChI is InChI=1S/C20H25N7O3S/c21-4-7-27-6-1-2-14(11-27)16-3-5-22-19(24-16)26-20-25-17(13-31-20)18(28)23-10-15-12-29-8-9-30-15/h3,5,13-15H,1-2,6-12H2,(H,23,28)(H,22,24,25,26)/t14-,15-/m1/s1. The number of nitriles is 1. The molecule has 4 heterocycles. The van der Waals surface area contributed by atoms with Crippen molar-refractivity contribution in [2.75, 3.05) is 51.3 Å². The maximum atomic E-state index is 12.3. The SMILES string of the molecule is N#CCN1CCC[C@@H](c2ccnc(Nc3nc(C(=O)NC[C@@H]4COCCO4)cs3)n2)C1. The number of amides is 1. The summed E-state index contributed by atoms with van der Waals surface area (Å²) in [6.07, 6.45) is 3.67. The van der Waals surface area contributed by atoms with Crippen molar-refractivity contribution in [2.45, 2.75) is 24.9 Å². The first-order valence-electron chi connectivity index (χ1n) is 10.3. The largest absolute Gasteiger partial charge is 0.376 e. The van der Waals surface area contributed by atoms with Crippen molar-refractivity contribution in [3.05, 3.63) is 29.0 Å².